The van der Waals surface area contributed by atoms with Gasteiger partial charge in [0.25, 0.3) is 0 Å². The number of aromatic nitrogens is 1. The van der Waals surface area contributed by atoms with Gasteiger partial charge in [0, 0.05) is 4.88 Å². The second-order valence-electron chi connectivity index (χ2n) is 4.51. The first kappa shape index (κ1) is 15.7. The van der Waals surface area contributed by atoms with Crippen molar-refractivity contribution in [3.8, 4) is 5.75 Å². The van der Waals surface area contributed by atoms with Crippen LogP contribution in [0.2, 0.25) is 0 Å². The Labute approximate surface area is 128 Å². The summed E-state index contributed by atoms with van der Waals surface area (Å²) in [4.78, 5) is 5.63. The van der Waals surface area contributed by atoms with Crippen LogP contribution in [0.1, 0.15) is 15.6 Å². The van der Waals surface area contributed by atoms with Gasteiger partial charge in [-0.3, -0.25) is 0 Å². The number of rotatable bonds is 5. The number of nitrogens with zero attached hydrogens (tertiary/aromatic N) is 1. The van der Waals surface area contributed by atoms with Gasteiger partial charge in [-0.25, -0.2) is 18.5 Å². The van der Waals surface area contributed by atoms with Crippen molar-refractivity contribution in [2.24, 2.45) is 5.14 Å². The molecule has 0 atom stereocenters. The van der Waals surface area contributed by atoms with E-state index >= 15 is 0 Å². The molecule has 1 aromatic heterocycles. The Kier molecular flexibility index (Phi) is 4.50. The first-order chi connectivity index (χ1) is 9.81. The summed E-state index contributed by atoms with van der Waals surface area (Å²) in [6.07, 6.45) is 0. The summed E-state index contributed by atoms with van der Waals surface area (Å²) in [6.45, 7) is 4.46. The lowest BCUT2D eigenvalue weighted by Crippen LogP contribution is -2.12. The molecule has 1 heterocycles. The molecule has 3 N–H and O–H groups in total. The number of sulfonamides is 1. The highest BCUT2D eigenvalue weighted by molar-refractivity contribution is 7.89. The second-order valence-corrected chi connectivity index (χ2v) is 7.36. The SMILES string of the molecule is COc1ccc(S(N)(=O)=O)cc1NCc1nc(C)c(C)s1. The molecule has 0 aliphatic heterocycles. The van der Waals surface area contributed by atoms with Crippen LogP contribution in [0.3, 0.4) is 0 Å². The molecule has 0 unspecified atom stereocenters. The Hall–Kier alpha value is -1.64. The summed E-state index contributed by atoms with van der Waals surface area (Å²) >= 11 is 1.60. The van der Waals surface area contributed by atoms with E-state index in [1.165, 1.54) is 19.2 Å². The molecule has 2 rings (SSSR count). The van der Waals surface area contributed by atoms with Crippen molar-refractivity contribution in [3.63, 3.8) is 0 Å². The number of primary sulfonamides is 1. The highest BCUT2D eigenvalue weighted by atomic mass is 32.2. The maximum Gasteiger partial charge on any atom is 0.238 e. The van der Waals surface area contributed by atoms with Crippen LogP contribution >= 0.6 is 11.3 Å². The zero-order chi connectivity index (χ0) is 15.6. The lowest BCUT2D eigenvalue weighted by Gasteiger charge is -2.11. The summed E-state index contributed by atoms with van der Waals surface area (Å²) in [5.74, 6) is 0.549. The maximum absolute atomic E-state index is 11.4. The molecule has 0 bridgehead atoms. The highest BCUT2D eigenvalue weighted by Crippen LogP contribution is 2.28. The van der Waals surface area contributed by atoms with Crippen LogP contribution in [0.25, 0.3) is 0 Å². The van der Waals surface area contributed by atoms with Gasteiger partial charge in [0.15, 0.2) is 0 Å². The number of hydrogen-bond acceptors (Lipinski definition) is 6. The fourth-order valence-corrected chi connectivity index (χ4v) is 3.20. The Morgan fingerprint density at radius 1 is 1.38 bits per heavy atom. The van der Waals surface area contributed by atoms with E-state index in [1.807, 2.05) is 13.8 Å². The number of methoxy groups -OCH3 is 1. The summed E-state index contributed by atoms with van der Waals surface area (Å²) in [7, 11) is -2.22. The predicted molar refractivity (Wildman–Crippen MR) is 83.3 cm³/mol. The van der Waals surface area contributed by atoms with Crippen LogP contribution in [0.15, 0.2) is 23.1 Å². The summed E-state index contributed by atoms with van der Waals surface area (Å²) in [5.41, 5.74) is 1.57. The Morgan fingerprint density at radius 3 is 2.62 bits per heavy atom. The third kappa shape index (κ3) is 3.72. The molecule has 0 fully saturated rings. The molecule has 8 heteroatoms. The van der Waals surface area contributed by atoms with Crippen molar-refractivity contribution in [2.45, 2.75) is 25.3 Å². The van der Waals surface area contributed by atoms with Crippen LogP contribution in [0.5, 0.6) is 5.75 Å². The fraction of sp³-hybridized carbons (Fsp3) is 0.308. The normalized spacial score (nSPS) is 11.4. The molecule has 0 saturated carbocycles. The maximum atomic E-state index is 11.4. The first-order valence-corrected chi connectivity index (χ1v) is 8.55. The minimum atomic E-state index is -3.74. The van der Waals surface area contributed by atoms with Gasteiger partial charge in [0.1, 0.15) is 10.8 Å². The second kappa shape index (κ2) is 6.00. The van der Waals surface area contributed by atoms with Crippen molar-refractivity contribution in [2.75, 3.05) is 12.4 Å². The third-order valence-electron chi connectivity index (χ3n) is 3.00. The molecular weight excluding hydrogens is 310 g/mol. The number of ether oxygens (including phenoxy) is 1. The molecule has 6 nitrogen and oxygen atoms in total. The number of hydrogen-bond donors (Lipinski definition) is 2. The molecule has 114 valence electrons. The first-order valence-electron chi connectivity index (χ1n) is 6.19. The van der Waals surface area contributed by atoms with Crippen molar-refractivity contribution in [1.82, 2.24) is 4.98 Å². The molecule has 0 aliphatic carbocycles. The number of aryl methyl sites for hydroxylation is 2. The Balaban J connectivity index is 2.25. The van der Waals surface area contributed by atoms with Gasteiger partial charge in [-0.2, -0.15) is 0 Å². The molecule has 2 aromatic rings. The van der Waals surface area contributed by atoms with E-state index in [0.29, 0.717) is 18.0 Å². The Bertz CT molecular complexity index is 735. The number of nitrogens with one attached hydrogen (secondary N) is 1. The van der Waals surface area contributed by atoms with Gasteiger partial charge in [0.2, 0.25) is 10.0 Å². The van der Waals surface area contributed by atoms with Crippen LogP contribution in [-0.2, 0) is 16.6 Å². The molecule has 0 spiro atoms. The summed E-state index contributed by atoms with van der Waals surface area (Å²) in [5, 5.41) is 9.20. The van der Waals surface area contributed by atoms with Gasteiger partial charge in [-0.05, 0) is 32.0 Å². The van der Waals surface area contributed by atoms with E-state index < -0.39 is 10.0 Å². The molecule has 0 radical (unpaired) electrons. The molecule has 0 aliphatic rings. The zero-order valence-corrected chi connectivity index (χ0v) is 13.6. The van der Waals surface area contributed by atoms with Crippen LogP contribution in [-0.4, -0.2) is 20.5 Å². The van der Waals surface area contributed by atoms with Gasteiger partial charge >= 0.3 is 0 Å². The minimum Gasteiger partial charge on any atom is -0.495 e. The highest BCUT2D eigenvalue weighted by Gasteiger charge is 2.12. The van der Waals surface area contributed by atoms with Crippen molar-refractivity contribution < 1.29 is 13.2 Å². The standard InChI is InChI=1S/C13H17N3O3S2/c1-8-9(2)20-13(16-8)7-15-11-6-10(21(14,17)18)4-5-12(11)19-3/h4-6,15H,7H2,1-3H3,(H2,14,17,18). The van der Waals surface area contributed by atoms with Crippen molar-refractivity contribution in [1.29, 1.82) is 0 Å². The van der Waals surface area contributed by atoms with Gasteiger partial charge in [-0.15, -0.1) is 11.3 Å². The van der Waals surface area contributed by atoms with Crippen molar-refractivity contribution in [3.05, 3.63) is 33.8 Å². The van der Waals surface area contributed by atoms with E-state index in [4.69, 9.17) is 9.88 Å². The molecule has 21 heavy (non-hydrogen) atoms. The monoisotopic (exact) mass is 327 g/mol. The molecule has 0 amide bonds. The molecule has 0 saturated heterocycles. The number of anilines is 1. The lowest BCUT2D eigenvalue weighted by molar-refractivity contribution is 0.416. The summed E-state index contributed by atoms with van der Waals surface area (Å²) < 4.78 is 28.0. The fourth-order valence-electron chi connectivity index (χ4n) is 1.79. The van der Waals surface area contributed by atoms with E-state index in [-0.39, 0.29) is 4.90 Å². The van der Waals surface area contributed by atoms with E-state index in [2.05, 4.69) is 10.3 Å². The van der Waals surface area contributed by atoms with Crippen LogP contribution < -0.4 is 15.2 Å². The average molecular weight is 327 g/mol. The minimum absolute atomic E-state index is 0.0392. The van der Waals surface area contributed by atoms with E-state index in [1.54, 1.807) is 17.4 Å². The predicted octanol–water partition coefficient (Wildman–Crippen LogP) is 2.03. The smallest absolute Gasteiger partial charge is 0.238 e. The largest absolute Gasteiger partial charge is 0.495 e. The number of nitrogens with two attached hydrogens (primary N) is 1. The number of benzene rings is 1. The van der Waals surface area contributed by atoms with E-state index in [9.17, 15) is 8.42 Å². The van der Waals surface area contributed by atoms with Crippen LogP contribution in [0, 0.1) is 13.8 Å². The summed E-state index contributed by atoms with van der Waals surface area (Å²) in [6, 6.07) is 4.44. The van der Waals surface area contributed by atoms with Gasteiger partial charge in [-0.1, -0.05) is 0 Å². The quantitative estimate of drug-likeness (QED) is 0.876. The van der Waals surface area contributed by atoms with E-state index in [0.717, 1.165) is 15.6 Å². The van der Waals surface area contributed by atoms with Crippen molar-refractivity contribution >= 4 is 27.0 Å². The third-order valence-corrected chi connectivity index (χ3v) is 4.99. The van der Waals surface area contributed by atoms with Crippen LogP contribution in [0.4, 0.5) is 5.69 Å². The average Bonchev–Trinajstić information content (AvgIpc) is 2.74. The topological polar surface area (TPSA) is 94.3 Å². The van der Waals surface area contributed by atoms with Gasteiger partial charge < -0.3 is 10.1 Å². The zero-order valence-electron chi connectivity index (χ0n) is 12.0. The Morgan fingerprint density at radius 2 is 2.10 bits per heavy atom. The van der Waals surface area contributed by atoms with Gasteiger partial charge in [0.05, 0.1) is 29.9 Å². The molecule has 1 aromatic carbocycles. The molecular formula is C13H17N3O3S2. The lowest BCUT2D eigenvalue weighted by atomic mass is 10.3. The number of thiazole rings is 1.